The zero-order valence-corrected chi connectivity index (χ0v) is 10.0. The van der Waals surface area contributed by atoms with Gasteiger partial charge in [-0.05, 0) is 39.8 Å². The van der Waals surface area contributed by atoms with Gasteiger partial charge in [0, 0.05) is 24.7 Å². The van der Waals surface area contributed by atoms with E-state index < -0.39 is 0 Å². The molecule has 15 heavy (non-hydrogen) atoms. The number of likely N-dealkylation sites (tertiary alicyclic amines) is 2. The van der Waals surface area contributed by atoms with E-state index in [4.69, 9.17) is 0 Å². The Labute approximate surface area is 93.1 Å². The van der Waals surface area contributed by atoms with Crippen LogP contribution in [-0.4, -0.2) is 59.8 Å². The molecule has 3 atom stereocenters. The van der Waals surface area contributed by atoms with E-state index >= 15 is 0 Å². The second kappa shape index (κ2) is 4.81. The molecule has 0 aliphatic carbocycles. The maximum atomic E-state index is 9.40. The monoisotopic (exact) mass is 212 g/mol. The molecule has 0 aromatic rings. The maximum absolute atomic E-state index is 9.40. The Morgan fingerprint density at radius 3 is 2.73 bits per heavy atom. The van der Waals surface area contributed by atoms with Crippen LogP contribution in [0.25, 0.3) is 0 Å². The summed E-state index contributed by atoms with van der Waals surface area (Å²) in [6.45, 7) is 5.01. The summed E-state index contributed by atoms with van der Waals surface area (Å²) in [5, 5.41) is 9.40. The summed E-state index contributed by atoms with van der Waals surface area (Å²) in [7, 11) is 2.21. The lowest BCUT2D eigenvalue weighted by molar-refractivity contribution is 0.0564. The van der Waals surface area contributed by atoms with E-state index in [1.807, 2.05) is 0 Å². The number of nitrogens with zero attached hydrogens (tertiary/aromatic N) is 2. The number of rotatable bonds is 2. The van der Waals surface area contributed by atoms with Gasteiger partial charge in [-0.1, -0.05) is 6.42 Å². The molecule has 2 rings (SSSR count). The van der Waals surface area contributed by atoms with E-state index in [9.17, 15) is 5.11 Å². The SMILES string of the molecule is CC1CC(N2CCCCC2CO)CN1C. The van der Waals surface area contributed by atoms with Gasteiger partial charge in [0.05, 0.1) is 6.61 Å². The van der Waals surface area contributed by atoms with Crippen molar-refractivity contribution < 1.29 is 5.11 Å². The summed E-state index contributed by atoms with van der Waals surface area (Å²) in [5.41, 5.74) is 0. The minimum Gasteiger partial charge on any atom is -0.395 e. The number of aliphatic hydroxyl groups is 1. The Bertz CT molecular complexity index is 200. The van der Waals surface area contributed by atoms with Gasteiger partial charge in [-0.2, -0.15) is 0 Å². The van der Waals surface area contributed by atoms with Gasteiger partial charge in [0.2, 0.25) is 0 Å². The zero-order valence-electron chi connectivity index (χ0n) is 10.0. The summed E-state index contributed by atoms with van der Waals surface area (Å²) in [5.74, 6) is 0. The lowest BCUT2D eigenvalue weighted by Crippen LogP contribution is -2.48. The minimum atomic E-state index is 0.342. The van der Waals surface area contributed by atoms with Crippen molar-refractivity contribution in [3.63, 3.8) is 0 Å². The molecule has 0 spiro atoms. The van der Waals surface area contributed by atoms with Crippen molar-refractivity contribution in [2.45, 2.75) is 50.7 Å². The van der Waals surface area contributed by atoms with Crippen LogP contribution in [0, 0.1) is 0 Å². The van der Waals surface area contributed by atoms with Crippen molar-refractivity contribution in [3.05, 3.63) is 0 Å². The van der Waals surface area contributed by atoms with Gasteiger partial charge < -0.3 is 10.0 Å². The molecule has 2 saturated heterocycles. The Morgan fingerprint density at radius 2 is 2.13 bits per heavy atom. The van der Waals surface area contributed by atoms with E-state index in [1.165, 1.54) is 38.8 Å². The van der Waals surface area contributed by atoms with Gasteiger partial charge in [0.1, 0.15) is 0 Å². The highest BCUT2D eigenvalue weighted by molar-refractivity contribution is 4.91. The molecule has 1 N–H and O–H groups in total. The number of aliphatic hydroxyl groups excluding tert-OH is 1. The normalized spacial score (nSPS) is 39.8. The molecule has 2 heterocycles. The van der Waals surface area contributed by atoms with Crippen molar-refractivity contribution in [3.8, 4) is 0 Å². The molecule has 3 nitrogen and oxygen atoms in total. The molecule has 0 radical (unpaired) electrons. The molecule has 0 saturated carbocycles. The van der Waals surface area contributed by atoms with Crippen LogP contribution in [0.4, 0.5) is 0 Å². The lowest BCUT2D eigenvalue weighted by Gasteiger charge is -2.38. The summed E-state index contributed by atoms with van der Waals surface area (Å²) in [4.78, 5) is 5.00. The third-order valence-electron chi connectivity index (χ3n) is 4.22. The number of hydrogen-bond acceptors (Lipinski definition) is 3. The third kappa shape index (κ3) is 2.35. The summed E-state index contributed by atoms with van der Waals surface area (Å²) in [6.07, 6.45) is 5.06. The second-order valence-corrected chi connectivity index (χ2v) is 5.25. The maximum Gasteiger partial charge on any atom is 0.0586 e. The van der Waals surface area contributed by atoms with Crippen LogP contribution in [0.2, 0.25) is 0 Å². The van der Waals surface area contributed by atoms with Crippen molar-refractivity contribution in [1.29, 1.82) is 0 Å². The molecule has 0 aromatic heterocycles. The van der Waals surface area contributed by atoms with E-state index in [2.05, 4.69) is 23.8 Å². The predicted octanol–water partition coefficient (Wildman–Crippen LogP) is 0.926. The molecule has 2 aliphatic heterocycles. The van der Waals surface area contributed by atoms with Gasteiger partial charge in [0.15, 0.2) is 0 Å². The first-order valence-corrected chi connectivity index (χ1v) is 6.29. The molecule has 2 fully saturated rings. The molecule has 0 aromatic carbocycles. The van der Waals surface area contributed by atoms with Crippen LogP contribution in [0.5, 0.6) is 0 Å². The summed E-state index contributed by atoms with van der Waals surface area (Å²) in [6, 6.07) is 1.82. The Morgan fingerprint density at radius 1 is 1.33 bits per heavy atom. The molecular formula is C12H24N2O. The average molecular weight is 212 g/mol. The lowest BCUT2D eigenvalue weighted by atomic mass is 9.99. The Balaban J connectivity index is 1.96. The molecule has 0 bridgehead atoms. The molecule has 0 amide bonds. The standard InChI is InChI=1S/C12H24N2O/c1-10-7-12(8-13(10)2)14-6-4-3-5-11(14)9-15/h10-12,15H,3-9H2,1-2H3. The van der Waals surface area contributed by atoms with Gasteiger partial charge in [0.25, 0.3) is 0 Å². The number of piperidine rings is 1. The highest BCUT2D eigenvalue weighted by atomic mass is 16.3. The molecule has 3 unspecified atom stereocenters. The van der Waals surface area contributed by atoms with Gasteiger partial charge >= 0.3 is 0 Å². The first kappa shape index (κ1) is 11.4. The third-order valence-corrected chi connectivity index (χ3v) is 4.22. The highest BCUT2D eigenvalue weighted by Crippen LogP contribution is 2.26. The molecule has 88 valence electrons. The largest absolute Gasteiger partial charge is 0.395 e. The van der Waals surface area contributed by atoms with Gasteiger partial charge in [-0.3, -0.25) is 4.90 Å². The van der Waals surface area contributed by atoms with E-state index in [0.717, 1.165) is 0 Å². The summed E-state index contributed by atoms with van der Waals surface area (Å²) < 4.78 is 0. The smallest absolute Gasteiger partial charge is 0.0586 e. The van der Waals surface area contributed by atoms with Crippen molar-refractivity contribution in [1.82, 2.24) is 9.80 Å². The zero-order chi connectivity index (χ0) is 10.8. The molecular weight excluding hydrogens is 188 g/mol. The first-order chi connectivity index (χ1) is 7.22. The van der Waals surface area contributed by atoms with Gasteiger partial charge in [-0.25, -0.2) is 0 Å². The quantitative estimate of drug-likeness (QED) is 0.737. The number of likely N-dealkylation sites (N-methyl/N-ethyl adjacent to an activating group) is 1. The highest BCUT2D eigenvalue weighted by Gasteiger charge is 2.34. The average Bonchev–Trinajstić information content (AvgIpc) is 2.59. The molecule has 3 heteroatoms. The summed E-state index contributed by atoms with van der Waals surface area (Å²) >= 11 is 0. The van der Waals surface area contributed by atoms with E-state index in [-0.39, 0.29) is 0 Å². The fourth-order valence-corrected chi connectivity index (χ4v) is 3.10. The van der Waals surface area contributed by atoms with Crippen LogP contribution < -0.4 is 0 Å². The van der Waals surface area contributed by atoms with E-state index in [1.54, 1.807) is 0 Å². The van der Waals surface area contributed by atoms with E-state index in [0.29, 0.717) is 24.7 Å². The van der Waals surface area contributed by atoms with Crippen molar-refractivity contribution in [2.24, 2.45) is 0 Å². The minimum absolute atomic E-state index is 0.342. The van der Waals surface area contributed by atoms with Crippen LogP contribution in [-0.2, 0) is 0 Å². The van der Waals surface area contributed by atoms with Crippen LogP contribution >= 0.6 is 0 Å². The Hall–Kier alpha value is -0.120. The van der Waals surface area contributed by atoms with Crippen LogP contribution in [0.1, 0.15) is 32.6 Å². The van der Waals surface area contributed by atoms with Gasteiger partial charge in [-0.15, -0.1) is 0 Å². The number of hydrogen-bond donors (Lipinski definition) is 1. The second-order valence-electron chi connectivity index (χ2n) is 5.25. The Kier molecular flexibility index (Phi) is 3.65. The predicted molar refractivity (Wildman–Crippen MR) is 61.9 cm³/mol. The first-order valence-electron chi connectivity index (χ1n) is 6.29. The fraction of sp³-hybridized carbons (Fsp3) is 1.00. The topological polar surface area (TPSA) is 26.7 Å². The van der Waals surface area contributed by atoms with Crippen LogP contribution in [0.15, 0.2) is 0 Å². The van der Waals surface area contributed by atoms with Crippen LogP contribution in [0.3, 0.4) is 0 Å². The molecule has 2 aliphatic rings. The van der Waals surface area contributed by atoms with Crippen molar-refractivity contribution in [2.75, 3.05) is 26.7 Å². The van der Waals surface area contributed by atoms with Crippen molar-refractivity contribution >= 4 is 0 Å². The fourth-order valence-electron chi connectivity index (χ4n) is 3.10.